The first kappa shape index (κ1) is 16.7. The van der Waals surface area contributed by atoms with Crippen LogP contribution in [0.1, 0.15) is 5.56 Å². The molecule has 0 saturated heterocycles. The number of sulfonamides is 1. The van der Waals surface area contributed by atoms with E-state index in [1.165, 1.54) is 19.1 Å². The van der Waals surface area contributed by atoms with Gasteiger partial charge in [0.1, 0.15) is 18.2 Å². The highest BCUT2D eigenvalue weighted by molar-refractivity contribution is 7.89. The van der Waals surface area contributed by atoms with Crippen LogP contribution in [0, 0.1) is 12.7 Å². The van der Waals surface area contributed by atoms with Crippen molar-refractivity contribution < 1.29 is 17.5 Å². The molecule has 0 amide bonds. The molecule has 0 fully saturated rings. The largest absolute Gasteiger partial charge is 0.491 e. The molecule has 4 nitrogen and oxygen atoms in total. The summed E-state index contributed by atoms with van der Waals surface area (Å²) in [6.45, 7) is 1.74. The van der Waals surface area contributed by atoms with Crippen molar-refractivity contribution in [2.45, 2.75) is 11.8 Å². The van der Waals surface area contributed by atoms with Crippen molar-refractivity contribution in [2.75, 3.05) is 13.2 Å². The third-order valence-corrected chi connectivity index (χ3v) is 4.85. The fourth-order valence-electron chi connectivity index (χ4n) is 1.89. The average Bonchev–Trinajstić information content (AvgIpc) is 2.45. The monoisotopic (exact) mass is 343 g/mol. The summed E-state index contributed by atoms with van der Waals surface area (Å²) >= 11 is 5.93. The summed E-state index contributed by atoms with van der Waals surface area (Å²) in [6.07, 6.45) is 0. The lowest BCUT2D eigenvalue weighted by atomic mass is 10.2. The number of nitrogens with one attached hydrogen (secondary N) is 1. The minimum absolute atomic E-state index is 0.0478. The molecule has 1 N–H and O–H groups in total. The summed E-state index contributed by atoms with van der Waals surface area (Å²) in [5.41, 5.74) is 0.347. The molecule has 2 aromatic carbocycles. The fourth-order valence-corrected chi connectivity index (χ4v) is 3.32. The predicted octanol–water partition coefficient (Wildman–Crippen LogP) is 3.14. The number of aryl methyl sites for hydroxylation is 1. The van der Waals surface area contributed by atoms with E-state index >= 15 is 0 Å². The first-order chi connectivity index (χ1) is 10.4. The Bertz CT molecular complexity index is 765. The Balaban J connectivity index is 1.94. The Labute approximate surface area is 133 Å². The molecule has 0 heterocycles. The second kappa shape index (κ2) is 7.09. The van der Waals surface area contributed by atoms with Gasteiger partial charge in [0.2, 0.25) is 10.0 Å². The summed E-state index contributed by atoms with van der Waals surface area (Å²) in [5.74, 6) is 0.0137. The van der Waals surface area contributed by atoms with E-state index in [9.17, 15) is 12.8 Å². The van der Waals surface area contributed by atoms with Gasteiger partial charge in [-0.25, -0.2) is 17.5 Å². The van der Waals surface area contributed by atoms with Gasteiger partial charge in [-0.2, -0.15) is 0 Å². The van der Waals surface area contributed by atoms with E-state index in [1.807, 2.05) is 0 Å². The van der Waals surface area contributed by atoms with Crippen LogP contribution in [0.15, 0.2) is 47.4 Å². The van der Waals surface area contributed by atoms with Gasteiger partial charge in [0, 0.05) is 6.54 Å². The van der Waals surface area contributed by atoms with Gasteiger partial charge in [-0.1, -0.05) is 23.7 Å². The van der Waals surface area contributed by atoms with Gasteiger partial charge >= 0.3 is 0 Å². The van der Waals surface area contributed by atoms with Gasteiger partial charge in [-0.05, 0) is 42.8 Å². The fraction of sp³-hybridized carbons (Fsp3) is 0.200. The zero-order valence-electron chi connectivity index (χ0n) is 11.8. The topological polar surface area (TPSA) is 55.4 Å². The zero-order valence-corrected chi connectivity index (χ0v) is 13.4. The molecule has 0 aromatic heterocycles. The van der Waals surface area contributed by atoms with E-state index in [2.05, 4.69) is 4.72 Å². The average molecular weight is 344 g/mol. The summed E-state index contributed by atoms with van der Waals surface area (Å²) in [6, 6.07) is 10.4. The molecule has 0 aliphatic heterocycles. The first-order valence-corrected chi connectivity index (χ1v) is 8.39. The maximum absolute atomic E-state index is 13.0. The van der Waals surface area contributed by atoms with Crippen molar-refractivity contribution in [3.05, 3.63) is 58.9 Å². The lowest BCUT2D eigenvalue weighted by Gasteiger charge is -2.11. The Kier molecular flexibility index (Phi) is 5.39. The molecule has 0 aliphatic rings. The second-order valence-corrected chi connectivity index (χ2v) is 6.73. The molecule has 0 radical (unpaired) electrons. The van der Waals surface area contributed by atoms with E-state index in [0.717, 1.165) is 6.07 Å². The molecule has 0 spiro atoms. The number of halogens is 2. The van der Waals surface area contributed by atoms with Gasteiger partial charge < -0.3 is 4.74 Å². The first-order valence-electron chi connectivity index (χ1n) is 6.53. The van der Waals surface area contributed by atoms with Crippen LogP contribution >= 0.6 is 11.6 Å². The van der Waals surface area contributed by atoms with Crippen LogP contribution in [0.4, 0.5) is 4.39 Å². The normalized spacial score (nSPS) is 11.4. The number of benzene rings is 2. The molecule has 0 saturated carbocycles. The Hall–Kier alpha value is -1.63. The summed E-state index contributed by atoms with van der Waals surface area (Å²) in [4.78, 5) is 0.0478. The van der Waals surface area contributed by atoms with Gasteiger partial charge in [0.15, 0.2) is 0 Å². The maximum Gasteiger partial charge on any atom is 0.240 e. The summed E-state index contributed by atoms with van der Waals surface area (Å²) in [5, 5.41) is 0.458. The van der Waals surface area contributed by atoms with E-state index in [4.69, 9.17) is 16.3 Å². The Morgan fingerprint density at radius 2 is 1.95 bits per heavy atom. The van der Waals surface area contributed by atoms with Crippen molar-refractivity contribution in [1.82, 2.24) is 4.72 Å². The number of hydrogen-bond donors (Lipinski definition) is 1. The van der Waals surface area contributed by atoms with Gasteiger partial charge in [-0.15, -0.1) is 0 Å². The molecule has 2 aromatic rings. The number of ether oxygens (including phenoxy) is 1. The predicted molar refractivity (Wildman–Crippen MR) is 83.3 cm³/mol. The molecular weight excluding hydrogens is 329 g/mol. The van der Waals surface area contributed by atoms with E-state index in [0.29, 0.717) is 16.3 Å². The van der Waals surface area contributed by atoms with E-state index in [-0.39, 0.29) is 18.0 Å². The van der Waals surface area contributed by atoms with Crippen molar-refractivity contribution >= 4 is 21.6 Å². The number of para-hydroxylation sites is 1. The minimum atomic E-state index is -3.70. The summed E-state index contributed by atoms with van der Waals surface area (Å²) in [7, 11) is -3.70. The van der Waals surface area contributed by atoms with E-state index < -0.39 is 15.8 Å². The van der Waals surface area contributed by atoms with Crippen LogP contribution in [0.3, 0.4) is 0 Å². The second-order valence-electron chi connectivity index (χ2n) is 4.59. The molecule has 0 aliphatic carbocycles. The van der Waals surface area contributed by atoms with Gasteiger partial charge in [0.25, 0.3) is 0 Å². The zero-order chi connectivity index (χ0) is 16.2. The number of hydrogen-bond acceptors (Lipinski definition) is 3. The molecule has 7 heteroatoms. The van der Waals surface area contributed by atoms with Crippen LogP contribution < -0.4 is 9.46 Å². The Morgan fingerprint density at radius 3 is 2.64 bits per heavy atom. The van der Waals surface area contributed by atoms with Crippen molar-refractivity contribution in [3.8, 4) is 5.75 Å². The van der Waals surface area contributed by atoms with Crippen LogP contribution in [0.5, 0.6) is 5.75 Å². The molecule has 0 unspecified atom stereocenters. The Morgan fingerprint density at radius 1 is 1.23 bits per heavy atom. The highest BCUT2D eigenvalue weighted by atomic mass is 35.5. The van der Waals surface area contributed by atoms with Crippen LogP contribution in [0.2, 0.25) is 5.02 Å². The van der Waals surface area contributed by atoms with Crippen LogP contribution in [-0.2, 0) is 10.0 Å². The van der Waals surface area contributed by atoms with E-state index in [1.54, 1.807) is 24.3 Å². The van der Waals surface area contributed by atoms with Gasteiger partial charge in [0.05, 0.1) is 9.92 Å². The molecule has 22 heavy (non-hydrogen) atoms. The van der Waals surface area contributed by atoms with Crippen molar-refractivity contribution in [2.24, 2.45) is 0 Å². The quantitative estimate of drug-likeness (QED) is 0.820. The smallest absolute Gasteiger partial charge is 0.240 e. The number of rotatable bonds is 6. The van der Waals surface area contributed by atoms with Crippen molar-refractivity contribution in [3.63, 3.8) is 0 Å². The molecule has 2 rings (SSSR count). The molecule has 0 bridgehead atoms. The third kappa shape index (κ3) is 4.19. The molecule has 118 valence electrons. The summed E-state index contributed by atoms with van der Waals surface area (Å²) < 4.78 is 45.1. The maximum atomic E-state index is 13.0. The van der Waals surface area contributed by atoms with Crippen LogP contribution in [-0.4, -0.2) is 21.6 Å². The standard InChI is InChI=1S/C15H15ClFNO3S/c1-11-10-12(17)6-7-15(11)22(19,20)18-8-9-21-14-5-3-2-4-13(14)16/h2-7,10,18H,8-9H2,1H3. The third-order valence-electron chi connectivity index (χ3n) is 2.91. The lowest BCUT2D eigenvalue weighted by Crippen LogP contribution is -2.28. The van der Waals surface area contributed by atoms with Gasteiger partial charge in [-0.3, -0.25) is 0 Å². The lowest BCUT2D eigenvalue weighted by molar-refractivity contribution is 0.323. The van der Waals surface area contributed by atoms with Crippen molar-refractivity contribution in [1.29, 1.82) is 0 Å². The molecular formula is C15H15ClFNO3S. The SMILES string of the molecule is Cc1cc(F)ccc1S(=O)(=O)NCCOc1ccccc1Cl. The highest BCUT2D eigenvalue weighted by Crippen LogP contribution is 2.22. The highest BCUT2D eigenvalue weighted by Gasteiger charge is 2.16. The molecule has 0 atom stereocenters. The minimum Gasteiger partial charge on any atom is -0.491 e. The van der Waals surface area contributed by atoms with Crippen LogP contribution in [0.25, 0.3) is 0 Å².